The highest BCUT2D eigenvalue weighted by atomic mass is 16.3. The fourth-order valence-electron chi connectivity index (χ4n) is 1.55. The molecule has 0 bridgehead atoms. The summed E-state index contributed by atoms with van der Waals surface area (Å²) in [6.45, 7) is 4.82. The third-order valence-electron chi connectivity index (χ3n) is 2.90. The van der Waals surface area contributed by atoms with Crippen molar-refractivity contribution < 1.29 is 14.0 Å². The van der Waals surface area contributed by atoms with Crippen molar-refractivity contribution in [3.05, 3.63) is 24.2 Å². The quantitative estimate of drug-likeness (QED) is 0.773. The van der Waals surface area contributed by atoms with Crippen LogP contribution in [0.15, 0.2) is 22.8 Å². The molecule has 1 aromatic heterocycles. The van der Waals surface area contributed by atoms with E-state index in [0.29, 0.717) is 12.5 Å². The topological polar surface area (TPSA) is 71.3 Å². The maximum Gasteiger partial charge on any atom is 0.287 e. The summed E-state index contributed by atoms with van der Waals surface area (Å²) in [6.07, 6.45) is 3.49. The first-order valence-corrected chi connectivity index (χ1v) is 6.25. The molecule has 0 saturated carbocycles. The van der Waals surface area contributed by atoms with Gasteiger partial charge in [0.1, 0.15) is 0 Å². The lowest BCUT2D eigenvalue weighted by Gasteiger charge is -2.13. The van der Waals surface area contributed by atoms with E-state index in [1.807, 2.05) is 0 Å². The summed E-state index contributed by atoms with van der Waals surface area (Å²) < 4.78 is 4.92. The van der Waals surface area contributed by atoms with Gasteiger partial charge in [0.2, 0.25) is 5.91 Å². The molecule has 2 N–H and O–H groups in total. The molecule has 0 fully saturated rings. The molecule has 1 aromatic rings. The van der Waals surface area contributed by atoms with Gasteiger partial charge in [-0.1, -0.05) is 26.7 Å². The third kappa shape index (κ3) is 4.61. The Hall–Kier alpha value is -1.78. The zero-order valence-corrected chi connectivity index (χ0v) is 10.9. The van der Waals surface area contributed by atoms with Crippen molar-refractivity contribution in [3.63, 3.8) is 0 Å². The summed E-state index contributed by atoms with van der Waals surface area (Å²) in [5.41, 5.74) is 0. The third-order valence-corrected chi connectivity index (χ3v) is 2.90. The molecule has 0 atom stereocenters. The number of carbonyl (C=O) groups excluding carboxylic acids is 2. The van der Waals surface area contributed by atoms with Crippen LogP contribution < -0.4 is 10.6 Å². The van der Waals surface area contributed by atoms with Gasteiger partial charge in [0.05, 0.1) is 12.8 Å². The van der Waals surface area contributed by atoms with Crippen molar-refractivity contribution in [2.45, 2.75) is 26.7 Å². The van der Waals surface area contributed by atoms with Gasteiger partial charge in [-0.25, -0.2) is 0 Å². The number of carbonyl (C=O) groups is 2. The van der Waals surface area contributed by atoms with E-state index < -0.39 is 0 Å². The number of rotatable bonds is 7. The van der Waals surface area contributed by atoms with Gasteiger partial charge in [-0.15, -0.1) is 0 Å². The second-order valence-electron chi connectivity index (χ2n) is 4.15. The maximum atomic E-state index is 11.5. The van der Waals surface area contributed by atoms with E-state index >= 15 is 0 Å². The molecule has 0 aliphatic heterocycles. The molecule has 1 heterocycles. The van der Waals surface area contributed by atoms with E-state index in [0.717, 1.165) is 12.8 Å². The fourth-order valence-corrected chi connectivity index (χ4v) is 1.55. The van der Waals surface area contributed by atoms with Gasteiger partial charge in [-0.05, 0) is 18.1 Å². The van der Waals surface area contributed by atoms with E-state index in [1.165, 1.54) is 6.26 Å². The molecule has 0 aliphatic rings. The number of nitrogens with one attached hydrogen (secondary N) is 2. The first kappa shape index (κ1) is 14.3. The largest absolute Gasteiger partial charge is 0.459 e. The van der Waals surface area contributed by atoms with Gasteiger partial charge >= 0.3 is 0 Å². The SMILES string of the molecule is CCC(CC)CNC(=O)CNC(=O)c1ccco1. The predicted molar refractivity (Wildman–Crippen MR) is 68.1 cm³/mol. The van der Waals surface area contributed by atoms with Gasteiger partial charge in [0.15, 0.2) is 5.76 Å². The van der Waals surface area contributed by atoms with E-state index in [2.05, 4.69) is 24.5 Å². The van der Waals surface area contributed by atoms with Crippen molar-refractivity contribution in [3.8, 4) is 0 Å². The summed E-state index contributed by atoms with van der Waals surface area (Å²) >= 11 is 0. The molecule has 1 rings (SSSR count). The Labute approximate surface area is 107 Å². The Balaban J connectivity index is 2.23. The van der Waals surface area contributed by atoms with E-state index in [4.69, 9.17) is 4.42 Å². The minimum Gasteiger partial charge on any atom is -0.459 e. The summed E-state index contributed by atoms with van der Waals surface area (Å²) in [5, 5.41) is 5.30. The molecule has 0 aliphatic carbocycles. The Kier molecular flexibility index (Phi) is 5.97. The lowest BCUT2D eigenvalue weighted by molar-refractivity contribution is -0.120. The van der Waals surface area contributed by atoms with Gasteiger partial charge in [0.25, 0.3) is 5.91 Å². The molecule has 18 heavy (non-hydrogen) atoms. The molecule has 0 unspecified atom stereocenters. The van der Waals surface area contributed by atoms with Gasteiger partial charge < -0.3 is 15.1 Å². The predicted octanol–water partition coefficient (Wildman–Crippen LogP) is 1.56. The molecule has 0 saturated heterocycles. The second-order valence-corrected chi connectivity index (χ2v) is 4.15. The van der Waals surface area contributed by atoms with Gasteiger partial charge in [-0.3, -0.25) is 9.59 Å². The van der Waals surface area contributed by atoms with Crippen molar-refractivity contribution in [1.82, 2.24) is 10.6 Å². The summed E-state index contributed by atoms with van der Waals surface area (Å²) in [5.74, 6) is 0.150. The number of amides is 2. The van der Waals surface area contributed by atoms with Gasteiger partial charge in [-0.2, -0.15) is 0 Å². The average Bonchev–Trinajstić information content (AvgIpc) is 2.91. The summed E-state index contributed by atoms with van der Waals surface area (Å²) in [4.78, 5) is 23.0. The average molecular weight is 252 g/mol. The minimum atomic E-state index is -0.377. The van der Waals surface area contributed by atoms with Gasteiger partial charge in [0, 0.05) is 6.54 Å². The number of hydrogen-bond acceptors (Lipinski definition) is 3. The Morgan fingerprint density at radius 1 is 1.28 bits per heavy atom. The maximum absolute atomic E-state index is 11.5. The standard InChI is InChI=1S/C13H20N2O3/c1-3-10(4-2)8-14-12(16)9-15-13(17)11-6-5-7-18-11/h5-7,10H,3-4,8-9H2,1-2H3,(H,14,16)(H,15,17). The van der Waals surface area contributed by atoms with Crippen LogP contribution in [0.5, 0.6) is 0 Å². The van der Waals surface area contributed by atoms with Crippen LogP contribution in [0.1, 0.15) is 37.2 Å². The van der Waals surface area contributed by atoms with Crippen molar-refractivity contribution in [1.29, 1.82) is 0 Å². The van der Waals surface area contributed by atoms with Crippen LogP contribution in [0.25, 0.3) is 0 Å². The van der Waals surface area contributed by atoms with Crippen LogP contribution in [-0.4, -0.2) is 24.9 Å². The number of furan rings is 1. The molecule has 5 heteroatoms. The lowest BCUT2D eigenvalue weighted by Crippen LogP contribution is -2.38. The molecule has 5 nitrogen and oxygen atoms in total. The van der Waals surface area contributed by atoms with Crippen molar-refractivity contribution in [2.24, 2.45) is 5.92 Å². The van der Waals surface area contributed by atoms with Crippen LogP contribution >= 0.6 is 0 Å². The highest BCUT2D eigenvalue weighted by molar-refractivity contribution is 5.94. The van der Waals surface area contributed by atoms with Crippen LogP contribution in [0, 0.1) is 5.92 Å². The Morgan fingerprint density at radius 2 is 2.00 bits per heavy atom. The van der Waals surface area contributed by atoms with Crippen LogP contribution in [0.4, 0.5) is 0 Å². The zero-order valence-electron chi connectivity index (χ0n) is 10.9. The molecule has 0 radical (unpaired) electrons. The summed E-state index contributed by atoms with van der Waals surface area (Å²) in [6, 6.07) is 3.18. The van der Waals surface area contributed by atoms with E-state index in [-0.39, 0.29) is 24.1 Å². The second kappa shape index (κ2) is 7.53. The Morgan fingerprint density at radius 3 is 2.56 bits per heavy atom. The normalized spacial score (nSPS) is 10.4. The zero-order chi connectivity index (χ0) is 13.4. The van der Waals surface area contributed by atoms with Crippen molar-refractivity contribution >= 4 is 11.8 Å². The first-order chi connectivity index (χ1) is 8.67. The Bertz CT molecular complexity index is 370. The van der Waals surface area contributed by atoms with E-state index in [1.54, 1.807) is 12.1 Å². The molecule has 0 spiro atoms. The molecule has 2 amide bonds. The minimum absolute atomic E-state index is 0.0281. The highest BCUT2D eigenvalue weighted by Crippen LogP contribution is 2.04. The molecular formula is C13H20N2O3. The number of hydrogen-bond donors (Lipinski definition) is 2. The monoisotopic (exact) mass is 252 g/mol. The molecular weight excluding hydrogens is 232 g/mol. The fraction of sp³-hybridized carbons (Fsp3) is 0.538. The smallest absolute Gasteiger partial charge is 0.287 e. The highest BCUT2D eigenvalue weighted by Gasteiger charge is 2.11. The van der Waals surface area contributed by atoms with Crippen LogP contribution in [0.2, 0.25) is 0 Å². The first-order valence-electron chi connectivity index (χ1n) is 6.25. The molecule has 100 valence electrons. The van der Waals surface area contributed by atoms with E-state index in [9.17, 15) is 9.59 Å². The van der Waals surface area contributed by atoms with Crippen molar-refractivity contribution in [2.75, 3.05) is 13.1 Å². The lowest BCUT2D eigenvalue weighted by atomic mass is 10.0. The summed E-state index contributed by atoms with van der Waals surface area (Å²) in [7, 11) is 0. The van der Waals surface area contributed by atoms with Crippen LogP contribution in [0.3, 0.4) is 0 Å². The van der Waals surface area contributed by atoms with Crippen LogP contribution in [-0.2, 0) is 4.79 Å². The molecule has 0 aromatic carbocycles.